The first-order valence-electron chi connectivity index (χ1n) is 6.06. The molecular weight excluding hydrogens is 274 g/mol. The Morgan fingerprint density at radius 1 is 1.32 bits per heavy atom. The monoisotopic (exact) mass is 288 g/mol. The van der Waals surface area contributed by atoms with Crippen LogP contribution in [0, 0.1) is 11.6 Å². The van der Waals surface area contributed by atoms with Crippen molar-refractivity contribution in [2.45, 2.75) is 31.7 Å². The molecule has 1 aromatic rings. The molecule has 0 unspecified atom stereocenters. The molecule has 0 aromatic heterocycles. The van der Waals surface area contributed by atoms with Crippen LogP contribution in [0.3, 0.4) is 0 Å². The number of aliphatic imine (C=N–C) groups is 1. The SMILES string of the molecule is NNC(=NC1CCCC1)Nc1c(F)cc(F)cc1Cl. The fourth-order valence-corrected chi connectivity index (χ4v) is 2.34. The number of halogens is 3. The highest BCUT2D eigenvalue weighted by atomic mass is 35.5. The first kappa shape index (κ1) is 14.0. The third kappa shape index (κ3) is 3.54. The van der Waals surface area contributed by atoms with Crippen LogP contribution in [-0.2, 0) is 0 Å². The van der Waals surface area contributed by atoms with E-state index in [2.05, 4.69) is 15.7 Å². The second kappa shape index (κ2) is 6.16. The predicted molar refractivity (Wildman–Crippen MR) is 72.0 cm³/mol. The third-order valence-electron chi connectivity index (χ3n) is 3.02. The van der Waals surface area contributed by atoms with Gasteiger partial charge in [0.15, 0.2) is 5.82 Å². The van der Waals surface area contributed by atoms with E-state index >= 15 is 0 Å². The van der Waals surface area contributed by atoms with Crippen molar-refractivity contribution >= 4 is 23.2 Å². The maximum atomic E-state index is 13.6. The van der Waals surface area contributed by atoms with Crippen molar-refractivity contribution in [3.63, 3.8) is 0 Å². The van der Waals surface area contributed by atoms with Crippen LogP contribution in [0.25, 0.3) is 0 Å². The summed E-state index contributed by atoms with van der Waals surface area (Å²) in [6, 6.07) is 1.94. The Labute approximate surface area is 115 Å². The molecule has 1 saturated carbocycles. The average Bonchev–Trinajstić information content (AvgIpc) is 2.84. The third-order valence-corrected chi connectivity index (χ3v) is 3.32. The number of benzene rings is 1. The lowest BCUT2D eigenvalue weighted by molar-refractivity contribution is 0.586. The van der Waals surface area contributed by atoms with Crippen LogP contribution < -0.4 is 16.6 Å². The van der Waals surface area contributed by atoms with Crippen molar-refractivity contribution in [2.24, 2.45) is 10.8 Å². The van der Waals surface area contributed by atoms with E-state index in [0.29, 0.717) is 0 Å². The normalized spacial score (nSPS) is 16.7. The molecule has 1 aromatic carbocycles. The minimum Gasteiger partial charge on any atom is -0.322 e. The van der Waals surface area contributed by atoms with Crippen LogP contribution in [0.2, 0.25) is 5.02 Å². The minimum atomic E-state index is -0.792. The predicted octanol–water partition coefficient (Wildman–Crippen LogP) is 2.79. The summed E-state index contributed by atoms with van der Waals surface area (Å²) < 4.78 is 26.5. The first-order chi connectivity index (χ1) is 9.10. The number of hydrogen-bond acceptors (Lipinski definition) is 2. The molecule has 4 nitrogen and oxygen atoms in total. The van der Waals surface area contributed by atoms with Gasteiger partial charge in [0.1, 0.15) is 5.82 Å². The number of rotatable bonds is 2. The van der Waals surface area contributed by atoms with Crippen LogP contribution >= 0.6 is 11.6 Å². The minimum absolute atomic E-state index is 0.0437. The summed E-state index contributed by atoms with van der Waals surface area (Å²) in [6.07, 6.45) is 4.20. The van der Waals surface area contributed by atoms with Crippen LogP contribution in [0.4, 0.5) is 14.5 Å². The van der Waals surface area contributed by atoms with Gasteiger partial charge >= 0.3 is 0 Å². The molecule has 0 amide bonds. The van der Waals surface area contributed by atoms with Gasteiger partial charge in [0, 0.05) is 6.07 Å². The molecule has 1 aliphatic carbocycles. The van der Waals surface area contributed by atoms with Gasteiger partial charge in [-0.25, -0.2) is 19.6 Å². The van der Waals surface area contributed by atoms with Gasteiger partial charge in [0.25, 0.3) is 0 Å². The molecule has 0 spiro atoms. The Kier molecular flexibility index (Phi) is 4.55. The fourth-order valence-electron chi connectivity index (χ4n) is 2.10. The number of guanidine groups is 1. The van der Waals surface area contributed by atoms with E-state index in [1.165, 1.54) is 0 Å². The van der Waals surface area contributed by atoms with Crippen LogP contribution in [0.15, 0.2) is 17.1 Å². The Balaban J connectivity index is 2.18. The molecule has 0 saturated heterocycles. The quantitative estimate of drug-likeness (QED) is 0.339. The highest BCUT2D eigenvalue weighted by molar-refractivity contribution is 6.33. The number of anilines is 1. The number of nitrogens with one attached hydrogen (secondary N) is 2. The lowest BCUT2D eigenvalue weighted by Crippen LogP contribution is -2.37. The Morgan fingerprint density at radius 3 is 2.58 bits per heavy atom. The van der Waals surface area contributed by atoms with E-state index in [9.17, 15) is 8.78 Å². The van der Waals surface area contributed by atoms with E-state index in [1.54, 1.807) is 0 Å². The van der Waals surface area contributed by atoms with Gasteiger partial charge in [-0.1, -0.05) is 24.4 Å². The number of nitrogens with zero attached hydrogens (tertiary/aromatic N) is 1. The molecule has 1 fully saturated rings. The molecule has 1 aliphatic rings. The second-order valence-corrected chi connectivity index (χ2v) is 4.84. The van der Waals surface area contributed by atoms with Crippen molar-refractivity contribution in [3.8, 4) is 0 Å². The van der Waals surface area contributed by atoms with Crippen molar-refractivity contribution in [3.05, 3.63) is 28.8 Å². The van der Waals surface area contributed by atoms with Gasteiger partial charge in [-0.05, 0) is 18.9 Å². The molecule has 0 radical (unpaired) electrons. The number of nitrogens with two attached hydrogens (primary N) is 1. The first-order valence-corrected chi connectivity index (χ1v) is 6.44. The standard InChI is InChI=1S/C12H15ClF2N4/c13-9-5-7(14)6-10(15)11(9)18-12(19-16)17-8-3-1-2-4-8/h5-6,8H,1-4,16H2,(H2,17,18,19). The maximum Gasteiger partial charge on any atom is 0.210 e. The van der Waals surface area contributed by atoms with Gasteiger partial charge in [0.05, 0.1) is 16.8 Å². The molecule has 2 rings (SSSR count). The van der Waals surface area contributed by atoms with E-state index in [-0.39, 0.29) is 22.7 Å². The van der Waals surface area contributed by atoms with Crippen molar-refractivity contribution < 1.29 is 8.78 Å². The summed E-state index contributed by atoms with van der Waals surface area (Å²) in [5, 5.41) is 2.60. The molecule has 104 valence electrons. The average molecular weight is 289 g/mol. The highest BCUT2D eigenvalue weighted by Crippen LogP contribution is 2.26. The molecule has 0 bridgehead atoms. The molecule has 7 heteroatoms. The number of hydrazine groups is 1. The Morgan fingerprint density at radius 2 is 2.00 bits per heavy atom. The van der Waals surface area contributed by atoms with E-state index in [0.717, 1.165) is 37.8 Å². The zero-order chi connectivity index (χ0) is 13.8. The van der Waals surface area contributed by atoms with Crippen molar-refractivity contribution in [1.29, 1.82) is 0 Å². The van der Waals surface area contributed by atoms with Gasteiger partial charge in [-0.15, -0.1) is 0 Å². The summed E-state index contributed by atoms with van der Waals surface area (Å²) in [4.78, 5) is 4.34. The smallest absolute Gasteiger partial charge is 0.210 e. The van der Waals surface area contributed by atoms with E-state index in [1.807, 2.05) is 0 Å². The highest BCUT2D eigenvalue weighted by Gasteiger charge is 2.16. The van der Waals surface area contributed by atoms with Gasteiger partial charge in [-0.2, -0.15) is 0 Å². The van der Waals surface area contributed by atoms with Gasteiger partial charge in [0.2, 0.25) is 5.96 Å². The zero-order valence-corrected chi connectivity index (χ0v) is 11.0. The van der Waals surface area contributed by atoms with Gasteiger partial charge < -0.3 is 5.32 Å². The maximum absolute atomic E-state index is 13.6. The topological polar surface area (TPSA) is 62.4 Å². The van der Waals surface area contributed by atoms with E-state index < -0.39 is 11.6 Å². The van der Waals surface area contributed by atoms with E-state index in [4.69, 9.17) is 17.4 Å². The summed E-state index contributed by atoms with van der Waals surface area (Å²) in [6.45, 7) is 0. The zero-order valence-electron chi connectivity index (χ0n) is 10.2. The summed E-state index contributed by atoms with van der Waals surface area (Å²) >= 11 is 5.79. The van der Waals surface area contributed by atoms with Crippen molar-refractivity contribution in [2.75, 3.05) is 5.32 Å². The Hall–Kier alpha value is -1.40. The fraction of sp³-hybridized carbons (Fsp3) is 0.417. The molecule has 0 heterocycles. The molecular formula is C12H15ClF2N4. The van der Waals surface area contributed by atoms with Crippen LogP contribution in [0.5, 0.6) is 0 Å². The summed E-state index contributed by atoms with van der Waals surface area (Å²) in [5.41, 5.74) is 2.32. The van der Waals surface area contributed by atoms with Crippen molar-refractivity contribution in [1.82, 2.24) is 5.43 Å². The van der Waals surface area contributed by atoms with Gasteiger partial charge in [-0.3, -0.25) is 5.43 Å². The van der Waals surface area contributed by atoms with Crippen LogP contribution in [0.1, 0.15) is 25.7 Å². The van der Waals surface area contributed by atoms with Crippen LogP contribution in [-0.4, -0.2) is 12.0 Å². The molecule has 19 heavy (non-hydrogen) atoms. The molecule has 0 atom stereocenters. The lowest BCUT2D eigenvalue weighted by atomic mass is 10.3. The lowest BCUT2D eigenvalue weighted by Gasteiger charge is -2.13. The second-order valence-electron chi connectivity index (χ2n) is 4.43. The summed E-state index contributed by atoms with van der Waals surface area (Å²) in [5.74, 6) is 4.04. The largest absolute Gasteiger partial charge is 0.322 e. The summed E-state index contributed by atoms with van der Waals surface area (Å²) in [7, 11) is 0. The number of hydrogen-bond donors (Lipinski definition) is 3. The Bertz CT molecular complexity index is 464. The molecule has 0 aliphatic heterocycles. The molecule has 4 N–H and O–H groups in total.